The molecule has 172 valence electrons. The van der Waals surface area contributed by atoms with Crippen molar-refractivity contribution in [1.29, 1.82) is 0 Å². The number of allylic oxidation sites excluding steroid dienone is 3. The number of aromatic nitrogens is 1. The summed E-state index contributed by atoms with van der Waals surface area (Å²) >= 11 is 12.5. The maximum Gasteiger partial charge on any atom is 0.250 e. The van der Waals surface area contributed by atoms with Crippen LogP contribution in [-0.2, 0) is 18.5 Å². The molecule has 0 radical (unpaired) electrons. The van der Waals surface area contributed by atoms with Crippen LogP contribution < -0.4 is 5.56 Å². The molecule has 5 heteroatoms. The van der Waals surface area contributed by atoms with Gasteiger partial charge < -0.3 is 4.57 Å². The van der Waals surface area contributed by atoms with Crippen molar-refractivity contribution in [3.05, 3.63) is 96.4 Å². The van der Waals surface area contributed by atoms with Gasteiger partial charge in [-0.05, 0) is 82.0 Å². The first-order valence-corrected chi connectivity index (χ1v) is 12.2. The zero-order valence-electron chi connectivity index (χ0n) is 19.9. The Morgan fingerprint density at radius 3 is 2.67 bits per heavy atom. The third kappa shape index (κ3) is 4.18. The minimum atomic E-state index is -0.501. The van der Waals surface area contributed by atoms with Gasteiger partial charge in [0.25, 0.3) is 5.56 Å². The lowest BCUT2D eigenvalue weighted by Crippen LogP contribution is -2.43. The summed E-state index contributed by atoms with van der Waals surface area (Å²) in [5, 5.41) is 1.24. The van der Waals surface area contributed by atoms with Gasteiger partial charge in [-0.1, -0.05) is 47.0 Å². The molecular formula is C28H30Cl2N2O. The van der Waals surface area contributed by atoms with Gasteiger partial charge in [0, 0.05) is 52.0 Å². The van der Waals surface area contributed by atoms with E-state index in [2.05, 4.69) is 45.9 Å². The van der Waals surface area contributed by atoms with Crippen LogP contribution in [0.15, 0.2) is 69.0 Å². The van der Waals surface area contributed by atoms with Crippen molar-refractivity contribution in [1.82, 2.24) is 4.57 Å². The van der Waals surface area contributed by atoms with E-state index in [0.717, 1.165) is 40.9 Å². The average Bonchev–Trinajstić information content (AvgIpc) is 2.75. The smallest absolute Gasteiger partial charge is 0.250 e. The Morgan fingerprint density at radius 1 is 1.24 bits per heavy atom. The molecule has 0 fully saturated rings. The van der Waals surface area contributed by atoms with E-state index >= 15 is 0 Å². The molecule has 2 bridgehead atoms. The number of halogens is 2. The predicted octanol–water partition coefficient (Wildman–Crippen LogP) is 7.40. The lowest BCUT2D eigenvalue weighted by atomic mass is 9.63. The van der Waals surface area contributed by atoms with Gasteiger partial charge in [0.1, 0.15) is 5.54 Å². The third-order valence-electron chi connectivity index (χ3n) is 6.94. The molecule has 0 N–H and O–H groups in total. The molecule has 0 aliphatic heterocycles. The minimum Gasteiger partial charge on any atom is -0.313 e. The SMILES string of the molecule is C/C=C1\C2C=C(C)CC1(N=C(C)/C(C)=C\c1ccc(Cl)cc1Cl)c1ccc(=O)n(CC)c1C2. The minimum absolute atomic E-state index is 0.0586. The van der Waals surface area contributed by atoms with Crippen molar-refractivity contribution < 1.29 is 0 Å². The largest absolute Gasteiger partial charge is 0.313 e. The molecule has 1 aromatic carbocycles. The van der Waals surface area contributed by atoms with Crippen LogP contribution in [0.1, 0.15) is 57.9 Å². The second-order valence-electron chi connectivity index (χ2n) is 9.07. The van der Waals surface area contributed by atoms with E-state index in [9.17, 15) is 4.79 Å². The summed E-state index contributed by atoms with van der Waals surface area (Å²) in [5.74, 6) is 0.252. The molecule has 33 heavy (non-hydrogen) atoms. The Kier molecular flexibility index (Phi) is 6.57. The third-order valence-corrected chi connectivity index (χ3v) is 7.50. The zero-order chi connectivity index (χ0) is 23.9. The molecule has 2 unspecified atom stereocenters. The maximum atomic E-state index is 12.6. The number of benzene rings is 1. The van der Waals surface area contributed by atoms with Gasteiger partial charge in [0.2, 0.25) is 0 Å². The Morgan fingerprint density at radius 2 is 2.00 bits per heavy atom. The Labute approximate surface area is 206 Å². The topological polar surface area (TPSA) is 34.4 Å². The molecule has 2 atom stereocenters. The maximum absolute atomic E-state index is 12.6. The fourth-order valence-corrected chi connectivity index (χ4v) is 5.91. The number of hydrogen-bond donors (Lipinski definition) is 0. The van der Waals surface area contributed by atoms with E-state index in [1.165, 1.54) is 11.1 Å². The van der Waals surface area contributed by atoms with E-state index in [4.69, 9.17) is 28.2 Å². The van der Waals surface area contributed by atoms with Crippen LogP contribution in [0.25, 0.3) is 6.08 Å². The van der Waals surface area contributed by atoms with Crippen LogP contribution in [-0.4, -0.2) is 10.3 Å². The highest BCUT2D eigenvalue weighted by Crippen LogP contribution is 2.52. The van der Waals surface area contributed by atoms with Crippen LogP contribution >= 0.6 is 23.2 Å². The van der Waals surface area contributed by atoms with Gasteiger partial charge in [-0.25, -0.2) is 0 Å². The van der Waals surface area contributed by atoms with Crippen molar-refractivity contribution >= 4 is 35.0 Å². The Bertz CT molecular complexity index is 1300. The molecule has 4 rings (SSSR count). The van der Waals surface area contributed by atoms with Crippen molar-refractivity contribution in [3.63, 3.8) is 0 Å². The monoisotopic (exact) mass is 480 g/mol. The molecule has 2 aliphatic carbocycles. The molecule has 0 saturated heterocycles. The van der Waals surface area contributed by atoms with E-state index in [-0.39, 0.29) is 11.5 Å². The zero-order valence-corrected chi connectivity index (χ0v) is 21.4. The summed E-state index contributed by atoms with van der Waals surface area (Å²) in [4.78, 5) is 18.1. The first-order chi connectivity index (χ1) is 15.7. The number of aliphatic imine (C=N–C) groups is 1. The highest BCUT2D eigenvalue weighted by molar-refractivity contribution is 6.35. The normalized spacial score (nSPS) is 24.0. The van der Waals surface area contributed by atoms with E-state index in [1.807, 2.05) is 29.7 Å². The van der Waals surface area contributed by atoms with E-state index in [1.54, 1.807) is 12.1 Å². The van der Waals surface area contributed by atoms with Crippen LogP contribution in [0.3, 0.4) is 0 Å². The predicted molar refractivity (Wildman–Crippen MR) is 141 cm³/mol. The van der Waals surface area contributed by atoms with E-state index in [0.29, 0.717) is 16.6 Å². The molecule has 0 spiro atoms. The molecule has 3 nitrogen and oxygen atoms in total. The van der Waals surface area contributed by atoms with Gasteiger partial charge in [0.15, 0.2) is 0 Å². The number of rotatable bonds is 4. The molecule has 1 aromatic heterocycles. The second kappa shape index (κ2) is 9.12. The van der Waals surface area contributed by atoms with Gasteiger partial charge >= 0.3 is 0 Å². The first kappa shape index (κ1) is 23.8. The highest BCUT2D eigenvalue weighted by Gasteiger charge is 2.47. The summed E-state index contributed by atoms with van der Waals surface area (Å²) < 4.78 is 1.92. The molecule has 1 heterocycles. The Balaban J connectivity index is 1.91. The lowest BCUT2D eigenvalue weighted by Gasteiger charge is -2.46. The van der Waals surface area contributed by atoms with Gasteiger partial charge in [0.05, 0.1) is 0 Å². The molecular weight excluding hydrogens is 451 g/mol. The fourth-order valence-electron chi connectivity index (χ4n) is 5.44. The quantitative estimate of drug-likeness (QED) is 0.331. The molecule has 2 aromatic rings. The summed E-state index contributed by atoms with van der Waals surface area (Å²) in [6, 6.07) is 9.24. The van der Waals surface area contributed by atoms with Crippen LogP contribution in [0.5, 0.6) is 0 Å². The Hall–Kier alpha value is -2.36. The molecule has 0 amide bonds. The summed E-state index contributed by atoms with van der Waals surface area (Å²) in [5.41, 5.74) is 7.39. The standard InChI is InChI=1S/C28H30Cl2N2O/c1-6-23-21-12-17(3)16-28(23,24-10-11-27(33)32(7-2)26(24)14-21)31-19(5)18(4)13-20-8-9-22(29)15-25(20)30/h6,8-13,15,21H,7,14,16H2,1-5H3/b18-13-,23-6+,31-19?. The van der Waals surface area contributed by atoms with Crippen LogP contribution in [0.2, 0.25) is 10.0 Å². The van der Waals surface area contributed by atoms with Crippen molar-refractivity contribution in [3.8, 4) is 0 Å². The summed E-state index contributed by atoms with van der Waals surface area (Å²) in [6.45, 7) is 11.1. The lowest BCUT2D eigenvalue weighted by molar-refractivity contribution is 0.400. The summed E-state index contributed by atoms with van der Waals surface area (Å²) in [7, 11) is 0. The highest BCUT2D eigenvalue weighted by atomic mass is 35.5. The van der Waals surface area contributed by atoms with Crippen molar-refractivity contribution in [2.45, 2.75) is 59.5 Å². The number of nitrogens with zero attached hydrogens (tertiary/aromatic N) is 2. The average molecular weight is 481 g/mol. The summed E-state index contributed by atoms with van der Waals surface area (Å²) in [6.07, 6.45) is 8.29. The van der Waals surface area contributed by atoms with Crippen LogP contribution in [0.4, 0.5) is 0 Å². The van der Waals surface area contributed by atoms with Crippen LogP contribution in [0, 0.1) is 5.92 Å². The van der Waals surface area contributed by atoms with E-state index < -0.39 is 5.54 Å². The molecule has 0 saturated carbocycles. The second-order valence-corrected chi connectivity index (χ2v) is 9.91. The van der Waals surface area contributed by atoms with Gasteiger partial charge in [-0.2, -0.15) is 0 Å². The van der Waals surface area contributed by atoms with Gasteiger partial charge in [-0.3, -0.25) is 9.79 Å². The number of fused-ring (bicyclic) bond motifs is 4. The van der Waals surface area contributed by atoms with Crippen molar-refractivity contribution in [2.24, 2.45) is 10.9 Å². The van der Waals surface area contributed by atoms with Gasteiger partial charge in [-0.15, -0.1) is 0 Å². The number of hydrogen-bond acceptors (Lipinski definition) is 2. The number of pyridine rings is 1. The first-order valence-electron chi connectivity index (χ1n) is 11.5. The molecule has 2 aliphatic rings. The van der Waals surface area contributed by atoms with Crippen molar-refractivity contribution in [2.75, 3.05) is 0 Å². The fraction of sp³-hybridized carbons (Fsp3) is 0.357.